The summed E-state index contributed by atoms with van der Waals surface area (Å²) in [5, 5.41) is 12.6. The van der Waals surface area contributed by atoms with Crippen molar-refractivity contribution < 1.29 is 19.1 Å². The average Bonchev–Trinajstić information content (AvgIpc) is 2.96. The Morgan fingerprint density at radius 2 is 2.00 bits per heavy atom. The van der Waals surface area contributed by atoms with Gasteiger partial charge in [-0.3, -0.25) is 4.79 Å². The summed E-state index contributed by atoms with van der Waals surface area (Å²) >= 11 is 3.27. The number of carboxylic acids is 1. The summed E-state index contributed by atoms with van der Waals surface area (Å²) in [5.41, 5.74) is 1.67. The summed E-state index contributed by atoms with van der Waals surface area (Å²) in [6.07, 6.45) is 1.67. The number of aliphatic carboxylic acids is 1. The minimum absolute atomic E-state index is 0.0367. The number of benzene rings is 2. The predicted molar refractivity (Wildman–Crippen MR) is 95.0 cm³/mol. The molecule has 0 radical (unpaired) electrons. The molecule has 3 rings (SSSR count). The van der Waals surface area contributed by atoms with Crippen molar-refractivity contribution in [3.63, 3.8) is 0 Å². The van der Waals surface area contributed by atoms with E-state index in [1.54, 1.807) is 36.5 Å². The van der Waals surface area contributed by atoms with Crippen LogP contribution in [0.3, 0.4) is 0 Å². The van der Waals surface area contributed by atoms with E-state index in [1.165, 1.54) is 12.1 Å². The van der Waals surface area contributed by atoms with Gasteiger partial charge in [-0.05, 0) is 51.8 Å². The Balaban J connectivity index is 1.84. The molecule has 0 saturated carbocycles. The molecule has 2 aromatic carbocycles. The van der Waals surface area contributed by atoms with E-state index in [4.69, 9.17) is 0 Å². The van der Waals surface area contributed by atoms with Crippen LogP contribution in [0.2, 0.25) is 0 Å². The molecule has 3 N–H and O–H groups in total. The number of amides is 1. The first kappa shape index (κ1) is 17.2. The number of aromatic amines is 1. The van der Waals surface area contributed by atoms with Gasteiger partial charge in [0.25, 0.3) is 5.91 Å². The highest BCUT2D eigenvalue weighted by atomic mass is 79.9. The van der Waals surface area contributed by atoms with E-state index in [1.807, 2.05) is 0 Å². The monoisotopic (exact) mass is 404 g/mol. The maximum Gasteiger partial charge on any atom is 0.326 e. The summed E-state index contributed by atoms with van der Waals surface area (Å²) < 4.78 is 14.0. The molecule has 1 amide bonds. The van der Waals surface area contributed by atoms with Crippen molar-refractivity contribution in [2.24, 2.45) is 0 Å². The molecule has 1 atom stereocenters. The maximum absolute atomic E-state index is 13.5. The first-order valence-corrected chi connectivity index (χ1v) is 8.28. The van der Waals surface area contributed by atoms with E-state index in [9.17, 15) is 19.1 Å². The predicted octanol–water partition coefficient (Wildman–Crippen LogP) is 3.50. The third-order valence-corrected chi connectivity index (χ3v) is 4.57. The van der Waals surface area contributed by atoms with E-state index in [-0.39, 0.29) is 6.42 Å². The van der Waals surface area contributed by atoms with Gasteiger partial charge >= 0.3 is 5.97 Å². The maximum atomic E-state index is 13.5. The fraction of sp³-hybridized carbons (Fsp3) is 0.111. The van der Waals surface area contributed by atoms with Crippen LogP contribution in [0.15, 0.2) is 53.1 Å². The van der Waals surface area contributed by atoms with Gasteiger partial charge in [0.1, 0.15) is 11.9 Å². The Morgan fingerprint density at radius 3 is 2.72 bits per heavy atom. The number of carbonyl (C=O) groups is 2. The van der Waals surface area contributed by atoms with Gasteiger partial charge < -0.3 is 15.4 Å². The number of H-pyrrole nitrogens is 1. The van der Waals surface area contributed by atoms with Crippen LogP contribution in [0.1, 0.15) is 15.9 Å². The molecule has 3 aromatic rings. The van der Waals surface area contributed by atoms with Crippen molar-refractivity contribution in [1.82, 2.24) is 10.3 Å². The number of halogens is 2. The molecular weight excluding hydrogens is 391 g/mol. The molecule has 1 aromatic heterocycles. The molecule has 0 saturated heterocycles. The lowest BCUT2D eigenvalue weighted by molar-refractivity contribution is -0.139. The van der Waals surface area contributed by atoms with Crippen molar-refractivity contribution in [2.45, 2.75) is 12.5 Å². The lowest BCUT2D eigenvalue weighted by Gasteiger charge is -2.15. The Morgan fingerprint density at radius 1 is 1.24 bits per heavy atom. The molecule has 0 bridgehead atoms. The zero-order valence-corrected chi connectivity index (χ0v) is 14.5. The summed E-state index contributed by atoms with van der Waals surface area (Å²) in [4.78, 5) is 26.9. The fourth-order valence-corrected chi connectivity index (χ4v) is 3.09. The van der Waals surface area contributed by atoms with Crippen molar-refractivity contribution in [1.29, 1.82) is 0 Å². The van der Waals surface area contributed by atoms with Crippen LogP contribution in [0, 0.1) is 5.82 Å². The number of carbonyl (C=O) groups excluding carboxylic acids is 1. The topological polar surface area (TPSA) is 82.2 Å². The largest absolute Gasteiger partial charge is 0.480 e. The second-order valence-electron chi connectivity index (χ2n) is 5.55. The number of hydrogen-bond donors (Lipinski definition) is 3. The second kappa shape index (κ2) is 7.06. The van der Waals surface area contributed by atoms with Crippen LogP contribution in [0.4, 0.5) is 4.39 Å². The first-order valence-electron chi connectivity index (χ1n) is 7.49. The van der Waals surface area contributed by atoms with Crippen molar-refractivity contribution in [3.05, 3.63) is 70.1 Å². The normalized spacial score (nSPS) is 12.1. The third kappa shape index (κ3) is 3.71. The molecule has 1 heterocycles. The van der Waals surface area contributed by atoms with E-state index in [2.05, 4.69) is 26.2 Å². The number of fused-ring (bicyclic) bond motifs is 1. The molecule has 25 heavy (non-hydrogen) atoms. The lowest BCUT2D eigenvalue weighted by Crippen LogP contribution is -2.42. The highest BCUT2D eigenvalue weighted by Crippen LogP contribution is 2.21. The quantitative estimate of drug-likeness (QED) is 0.608. The number of aromatic nitrogens is 1. The zero-order chi connectivity index (χ0) is 18.0. The van der Waals surface area contributed by atoms with Gasteiger partial charge in [-0.2, -0.15) is 0 Å². The highest BCUT2D eigenvalue weighted by Gasteiger charge is 2.23. The zero-order valence-electron chi connectivity index (χ0n) is 12.9. The Kier molecular flexibility index (Phi) is 4.85. The molecule has 0 unspecified atom stereocenters. The SMILES string of the molecule is O=C(N[C@@H](Cc1c[nH]c2ccc(F)cc12)C(=O)O)c1ccccc1Br. The van der Waals surface area contributed by atoms with Crippen LogP contribution in [-0.4, -0.2) is 28.0 Å². The van der Waals surface area contributed by atoms with E-state index in [0.717, 1.165) is 0 Å². The van der Waals surface area contributed by atoms with E-state index in [0.29, 0.717) is 26.5 Å². The minimum Gasteiger partial charge on any atom is -0.480 e. The lowest BCUT2D eigenvalue weighted by atomic mass is 10.0. The van der Waals surface area contributed by atoms with Crippen molar-refractivity contribution in [2.75, 3.05) is 0 Å². The van der Waals surface area contributed by atoms with Gasteiger partial charge in [-0.1, -0.05) is 12.1 Å². The molecule has 0 fully saturated rings. The van der Waals surface area contributed by atoms with Crippen LogP contribution in [-0.2, 0) is 11.2 Å². The van der Waals surface area contributed by atoms with Gasteiger partial charge in [0.05, 0.1) is 5.56 Å². The number of carboxylic acid groups (broad SMARTS) is 1. The second-order valence-corrected chi connectivity index (χ2v) is 6.41. The minimum atomic E-state index is -1.16. The smallest absolute Gasteiger partial charge is 0.326 e. The number of nitrogens with one attached hydrogen (secondary N) is 2. The molecule has 7 heteroatoms. The van der Waals surface area contributed by atoms with Crippen molar-refractivity contribution >= 4 is 38.7 Å². The molecule has 0 aliphatic heterocycles. The van der Waals surface area contributed by atoms with Gasteiger partial charge in [0.2, 0.25) is 0 Å². The Bertz CT molecular complexity index is 954. The van der Waals surface area contributed by atoms with Crippen LogP contribution < -0.4 is 5.32 Å². The van der Waals surface area contributed by atoms with Crippen LogP contribution in [0.25, 0.3) is 10.9 Å². The standard InChI is InChI=1S/C18H14BrFN2O3/c19-14-4-2-1-3-12(14)17(23)22-16(18(24)25)7-10-9-21-15-6-5-11(20)8-13(10)15/h1-6,8-9,16,21H,7H2,(H,22,23)(H,24,25)/t16-/m0/s1. The van der Waals surface area contributed by atoms with Crippen LogP contribution in [0.5, 0.6) is 0 Å². The molecule has 128 valence electrons. The summed E-state index contributed by atoms with van der Waals surface area (Å²) in [5.74, 6) is -2.06. The molecule has 0 aliphatic rings. The summed E-state index contributed by atoms with van der Waals surface area (Å²) in [7, 11) is 0. The van der Waals surface area contributed by atoms with Gasteiger partial charge in [0, 0.05) is 28.0 Å². The van der Waals surface area contributed by atoms with Gasteiger partial charge in [-0.25, -0.2) is 9.18 Å². The van der Waals surface area contributed by atoms with Gasteiger partial charge in [-0.15, -0.1) is 0 Å². The highest BCUT2D eigenvalue weighted by molar-refractivity contribution is 9.10. The Labute approximate surface area is 151 Å². The Hall–Kier alpha value is -2.67. The fourth-order valence-electron chi connectivity index (χ4n) is 2.62. The number of hydrogen-bond acceptors (Lipinski definition) is 2. The van der Waals surface area contributed by atoms with Crippen molar-refractivity contribution in [3.8, 4) is 0 Å². The van der Waals surface area contributed by atoms with Gasteiger partial charge in [0.15, 0.2) is 0 Å². The summed E-state index contributed by atoms with van der Waals surface area (Å²) in [6, 6.07) is 9.87. The average molecular weight is 405 g/mol. The molecular formula is C18H14BrFN2O3. The molecule has 5 nitrogen and oxygen atoms in total. The summed E-state index contributed by atoms with van der Waals surface area (Å²) in [6.45, 7) is 0. The molecule has 0 spiro atoms. The van der Waals surface area contributed by atoms with Crippen LogP contribution >= 0.6 is 15.9 Å². The van der Waals surface area contributed by atoms with E-state index < -0.39 is 23.7 Å². The number of rotatable bonds is 5. The van der Waals surface area contributed by atoms with E-state index >= 15 is 0 Å². The third-order valence-electron chi connectivity index (χ3n) is 3.88. The molecule has 0 aliphatic carbocycles. The first-order chi connectivity index (χ1) is 12.0.